The summed E-state index contributed by atoms with van der Waals surface area (Å²) < 4.78 is 1.54. The van der Waals surface area contributed by atoms with Gasteiger partial charge in [-0.05, 0) is 12.5 Å². The Bertz CT molecular complexity index is 579. The van der Waals surface area contributed by atoms with E-state index < -0.39 is 4.92 Å². The summed E-state index contributed by atoms with van der Waals surface area (Å²) in [6, 6.07) is 4.92. The molecule has 1 N–H and O–H groups in total. The quantitative estimate of drug-likeness (QED) is 0.644. The molecule has 1 aromatic carbocycles. The SMILES string of the molecule is Cc1c(Cn2cc(CO)nn2)cccc1[N+](=O)[O-]. The molecule has 2 aromatic rings. The number of aliphatic hydroxyl groups excluding tert-OH is 1. The van der Waals surface area contributed by atoms with Crippen molar-refractivity contribution >= 4 is 5.69 Å². The van der Waals surface area contributed by atoms with Crippen molar-refractivity contribution in [2.45, 2.75) is 20.1 Å². The Morgan fingerprint density at radius 2 is 2.28 bits per heavy atom. The second kappa shape index (κ2) is 4.92. The number of nitro benzene ring substituents is 1. The Morgan fingerprint density at radius 3 is 2.89 bits per heavy atom. The van der Waals surface area contributed by atoms with Gasteiger partial charge in [-0.15, -0.1) is 5.10 Å². The van der Waals surface area contributed by atoms with Crippen LogP contribution in [0.25, 0.3) is 0 Å². The number of nitro groups is 1. The van der Waals surface area contributed by atoms with Gasteiger partial charge in [-0.1, -0.05) is 17.3 Å². The molecule has 0 aliphatic heterocycles. The number of benzene rings is 1. The molecule has 0 amide bonds. The van der Waals surface area contributed by atoms with E-state index in [4.69, 9.17) is 5.11 Å². The maximum atomic E-state index is 10.8. The number of hydrogen-bond acceptors (Lipinski definition) is 5. The molecule has 94 valence electrons. The minimum absolute atomic E-state index is 0.0926. The van der Waals surface area contributed by atoms with E-state index in [1.165, 1.54) is 10.7 Å². The Labute approximate surface area is 103 Å². The predicted molar refractivity (Wildman–Crippen MR) is 62.9 cm³/mol. The fourth-order valence-corrected chi connectivity index (χ4v) is 1.70. The highest BCUT2D eigenvalue weighted by atomic mass is 16.6. The van der Waals surface area contributed by atoms with Crippen LogP contribution in [0.4, 0.5) is 5.69 Å². The molecule has 0 atom stereocenters. The fraction of sp³-hybridized carbons (Fsp3) is 0.273. The Hall–Kier alpha value is -2.28. The van der Waals surface area contributed by atoms with E-state index in [0.29, 0.717) is 17.8 Å². The molecular formula is C11H12N4O3. The van der Waals surface area contributed by atoms with Crippen molar-refractivity contribution < 1.29 is 10.0 Å². The highest BCUT2D eigenvalue weighted by Crippen LogP contribution is 2.21. The monoisotopic (exact) mass is 248 g/mol. The first kappa shape index (κ1) is 12.2. The molecule has 0 saturated heterocycles. The standard InChI is InChI=1S/C11H12N4O3/c1-8-9(3-2-4-11(8)15(17)18)5-14-6-10(7-16)12-13-14/h2-4,6,16H,5,7H2,1H3. The normalized spacial score (nSPS) is 10.6. The molecule has 1 heterocycles. The van der Waals surface area contributed by atoms with E-state index in [1.807, 2.05) is 6.07 Å². The second-order valence-electron chi connectivity index (χ2n) is 3.88. The van der Waals surface area contributed by atoms with Crippen molar-refractivity contribution in [1.29, 1.82) is 0 Å². The first-order valence-corrected chi connectivity index (χ1v) is 5.34. The number of hydrogen-bond donors (Lipinski definition) is 1. The van der Waals surface area contributed by atoms with Crippen LogP contribution >= 0.6 is 0 Å². The molecule has 0 saturated carbocycles. The van der Waals surface area contributed by atoms with Crippen molar-refractivity contribution in [1.82, 2.24) is 15.0 Å². The number of nitrogens with zero attached hydrogens (tertiary/aromatic N) is 4. The lowest BCUT2D eigenvalue weighted by Gasteiger charge is -2.05. The van der Waals surface area contributed by atoms with Crippen LogP contribution in [-0.2, 0) is 13.2 Å². The molecule has 0 aliphatic carbocycles. The third-order valence-electron chi connectivity index (χ3n) is 2.69. The topological polar surface area (TPSA) is 94.1 Å². The van der Waals surface area contributed by atoms with Crippen molar-refractivity contribution in [3.8, 4) is 0 Å². The average molecular weight is 248 g/mol. The van der Waals surface area contributed by atoms with Gasteiger partial charge in [-0.3, -0.25) is 10.1 Å². The Balaban J connectivity index is 2.29. The van der Waals surface area contributed by atoms with Crippen LogP contribution in [0.3, 0.4) is 0 Å². The minimum atomic E-state index is -0.403. The van der Waals surface area contributed by atoms with Gasteiger partial charge in [0, 0.05) is 11.6 Å². The maximum Gasteiger partial charge on any atom is 0.272 e. The van der Waals surface area contributed by atoms with Crippen LogP contribution in [0.15, 0.2) is 24.4 Å². The fourth-order valence-electron chi connectivity index (χ4n) is 1.70. The van der Waals surface area contributed by atoms with E-state index in [2.05, 4.69) is 10.3 Å². The average Bonchev–Trinajstić information content (AvgIpc) is 2.79. The molecular weight excluding hydrogens is 236 g/mol. The molecule has 7 heteroatoms. The molecule has 0 spiro atoms. The molecule has 18 heavy (non-hydrogen) atoms. The zero-order valence-corrected chi connectivity index (χ0v) is 9.78. The summed E-state index contributed by atoms with van der Waals surface area (Å²) in [6.45, 7) is 1.92. The summed E-state index contributed by atoms with van der Waals surface area (Å²) in [5, 5.41) is 27.3. The summed E-state index contributed by atoms with van der Waals surface area (Å²) in [5.74, 6) is 0. The van der Waals surface area contributed by atoms with Gasteiger partial charge in [0.25, 0.3) is 5.69 Å². The zero-order valence-electron chi connectivity index (χ0n) is 9.78. The van der Waals surface area contributed by atoms with E-state index in [0.717, 1.165) is 5.56 Å². The number of aromatic nitrogens is 3. The lowest BCUT2D eigenvalue weighted by Crippen LogP contribution is -2.04. The zero-order chi connectivity index (χ0) is 13.1. The van der Waals surface area contributed by atoms with Gasteiger partial charge in [0.1, 0.15) is 5.69 Å². The summed E-state index contributed by atoms with van der Waals surface area (Å²) in [5.41, 5.74) is 1.98. The predicted octanol–water partition coefficient (Wildman–Crippen LogP) is 1.04. The summed E-state index contributed by atoms with van der Waals surface area (Å²) in [7, 11) is 0. The van der Waals surface area contributed by atoms with Gasteiger partial charge in [0.2, 0.25) is 0 Å². The van der Waals surface area contributed by atoms with Gasteiger partial charge < -0.3 is 5.11 Å². The van der Waals surface area contributed by atoms with Crippen molar-refractivity contribution in [2.24, 2.45) is 0 Å². The van der Waals surface area contributed by atoms with Gasteiger partial charge >= 0.3 is 0 Å². The minimum Gasteiger partial charge on any atom is -0.390 e. The molecule has 0 aliphatic rings. The smallest absolute Gasteiger partial charge is 0.272 e. The highest BCUT2D eigenvalue weighted by Gasteiger charge is 2.13. The van der Waals surface area contributed by atoms with Crippen molar-refractivity contribution in [3.63, 3.8) is 0 Å². The number of aliphatic hydroxyl groups is 1. The first-order valence-electron chi connectivity index (χ1n) is 5.34. The molecule has 7 nitrogen and oxygen atoms in total. The van der Waals surface area contributed by atoms with Crippen molar-refractivity contribution in [2.75, 3.05) is 0 Å². The van der Waals surface area contributed by atoms with E-state index in [1.54, 1.807) is 19.2 Å². The van der Waals surface area contributed by atoms with Crippen LogP contribution in [0.5, 0.6) is 0 Å². The van der Waals surface area contributed by atoms with Crippen molar-refractivity contribution in [3.05, 3.63) is 51.3 Å². The Morgan fingerprint density at radius 1 is 1.50 bits per heavy atom. The second-order valence-corrected chi connectivity index (χ2v) is 3.88. The third kappa shape index (κ3) is 2.35. The van der Waals surface area contributed by atoms with Crippen LogP contribution in [0.1, 0.15) is 16.8 Å². The maximum absolute atomic E-state index is 10.8. The summed E-state index contributed by atoms with van der Waals surface area (Å²) >= 11 is 0. The van der Waals surface area contributed by atoms with Gasteiger partial charge in [-0.25, -0.2) is 4.68 Å². The van der Waals surface area contributed by atoms with E-state index in [-0.39, 0.29) is 12.3 Å². The molecule has 1 aromatic heterocycles. The molecule has 2 rings (SSSR count). The summed E-state index contributed by atoms with van der Waals surface area (Å²) in [6.07, 6.45) is 1.61. The molecule has 0 radical (unpaired) electrons. The molecule has 0 unspecified atom stereocenters. The highest BCUT2D eigenvalue weighted by molar-refractivity contribution is 5.44. The van der Waals surface area contributed by atoms with Gasteiger partial charge in [0.05, 0.1) is 24.3 Å². The largest absolute Gasteiger partial charge is 0.390 e. The Kier molecular flexibility index (Phi) is 3.33. The lowest BCUT2D eigenvalue weighted by atomic mass is 10.1. The van der Waals surface area contributed by atoms with E-state index in [9.17, 15) is 10.1 Å². The van der Waals surface area contributed by atoms with Crippen LogP contribution < -0.4 is 0 Å². The van der Waals surface area contributed by atoms with Gasteiger partial charge in [0.15, 0.2) is 0 Å². The first-order chi connectivity index (χ1) is 8.61. The van der Waals surface area contributed by atoms with Gasteiger partial charge in [-0.2, -0.15) is 0 Å². The number of rotatable bonds is 4. The van der Waals surface area contributed by atoms with E-state index >= 15 is 0 Å². The molecule has 0 bridgehead atoms. The van der Waals surface area contributed by atoms with Crippen LogP contribution in [0.2, 0.25) is 0 Å². The van der Waals surface area contributed by atoms with Crippen LogP contribution in [-0.4, -0.2) is 25.0 Å². The third-order valence-corrected chi connectivity index (χ3v) is 2.69. The lowest BCUT2D eigenvalue weighted by molar-refractivity contribution is -0.385. The summed E-state index contributed by atoms with van der Waals surface area (Å²) in [4.78, 5) is 10.4. The van der Waals surface area contributed by atoms with Crippen LogP contribution in [0, 0.1) is 17.0 Å². The molecule has 0 fully saturated rings.